The molecule has 0 saturated heterocycles. The molecule has 1 amide bonds. The molecule has 0 bridgehead atoms. The fourth-order valence-corrected chi connectivity index (χ4v) is 7.11. The normalized spacial score (nSPS) is 12.6. The molecule has 51 heavy (non-hydrogen) atoms. The van der Waals surface area contributed by atoms with Crippen LogP contribution in [0.5, 0.6) is 0 Å². The third-order valence-corrected chi connectivity index (χ3v) is 10.7. The summed E-state index contributed by atoms with van der Waals surface area (Å²) in [5.74, 6) is -0.0755. The van der Waals surface area contributed by atoms with Crippen molar-refractivity contribution >= 4 is 11.9 Å². The molecule has 2 atom stereocenters. The van der Waals surface area contributed by atoms with E-state index in [0.717, 1.165) is 57.8 Å². The van der Waals surface area contributed by atoms with Crippen molar-refractivity contribution in [2.45, 2.75) is 264 Å². The molecule has 2 unspecified atom stereocenters. The number of ether oxygens (including phenoxy) is 1. The summed E-state index contributed by atoms with van der Waals surface area (Å²) in [4.78, 5) is 24.4. The minimum Gasteiger partial charge on any atom is -0.466 e. The Morgan fingerprint density at radius 1 is 0.471 bits per heavy atom. The van der Waals surface area contributed by atoms with E-state index in [4.69, 9.17) is 4.74 Å². The minimum absolute atomic E-state index is 0.0168. The first kappa shape index (κ1) is 49.9. The molecule has 0 aromatic carbocycles. The van der Waals surface area contributed by atoms with Crippen LogP contribution in [0.15, 0.2) is 0 Å². The maximum absolute atomic E-state index is 12.4. The van der Waals surface area contributed by atoms with Crippen LogP contribution in [0, 0.1) is 0 Å². The van der Waals surface area contributed by atoms with Gasteiger partial charge in [-0.05, 0) is 25.7 Å². The van der Waals surface area contributed by atoms with Crippen LogP contribution in [-0.2, 0) is 14.3 Å². The molecule has 304 valence electrons. The lowest BCUT2D eigenvalue weighted by atomic mass is 10.0. The van der Waals surface area contributed by atoms with Crippen molar-refractivity contribution in [2.75, 3.05) is 13.2 Å². The number of amides is 1. The first-order valence-corrected chi connectivity index (χ1v) is 22.8. The number of carbonyl (C=O) groups excluding carboxylic acids is 2. The summed E-state index contributed by atoms with van der Waals surface area (Å²) in [5, 5.41) is 23.0. The lowest BCUT2D eigenvalue weighted by Crippen LogP contribution is -2.45. The van der Waals surface area contributed by atoms with E-state index in [0.29, 0.717) is 25.9 Å². The number of aliphatic hydroxyl groups excluding tert-OH is 2. The molecule has 0 spiro atoms. The fourth-order valence-electron chi connectivity index (χ4n) is 7.11. The molecule has 0 radical (unpaired) electrons. The van der Waals surface area contributed by atoms with Crippen molar-refractivity contribution in [3.05, 3.63) is 0 Å². The smallest absolute Gasteiger partial charge is 0.305 e. The zero-order chi connectivity index (χ0) is 37.3. The number of nitrogens with one attached hydrogen (secondary N) is 1. The van der Waals surface area contributed by atoms with Gasteiger partial charge < -0.3 is 20.3 Å². The Kier molecular flexibility index (Phi) is 40.7. The summed E-state index contributed by atoms with van der Waals surface area (Å²) in [6.45, 7) is 4.89. The van der Waals surface area contributed by atoms with Crippen molar-refractivity contribution in [1.29, 1.82) is 0 Å². The van der Waals surface area contributed by atoms with Crippen LogP contribution in [0.2, 0.25) is 0 Å². The second-order valence-corrected chi connectivity index (χ2v) is 15.7. The predicted octanol–water partition coefficient (Wildman–Crippen LogP) is 12.8. The van der Waals surface area contributed by atoms with E-state index in [1.54, 1.807) is 0 Å². The lowest BCUT2D eigenvalue weighted by molar-refractivity contribution is -0.143. The highest BCUT2D eigenvalue weighted by Crippen LogP contribution is 2.16. The van der Waals surface area contributed by atoms with Gasteiger partial charge in [0.15, 0.2) is 0 Å². The SMILES string of the molecule is CCCCCCCCCCCCCCCCC(=O)OCCCCCCCCCCCCC(=O)NC(CO)C(O)CCCCCCCCCCCC. The van der Waals surface area contributed by atoms with E-state index in [9.17, 15) is 19.8 Å². The molecule has 0 aliphatic heterocycles. The zero-order valence-electron chi connectivity index (χ0n) is 34.4. The molecule has 0 heterocycles. The van der Waals surface area contributed by atoms with Gasteiger partial charge in [-0.25, -0.2) is 0 Å². The van der Waals surface area contributed by atoms with E-state index in [1.807, 2.05) is 0 Å². The molecule has 3 N–H and O–H groups in total. The van der Waals surface area contributed by atoms with Crippen LogP contribution in [0.1, 0.15) is 251 Å². The van der Waals surface area contributed by atoms with Gasteiger partial charge in [-0.3, -0.25) is 9.59 Å². The molecular formula is C45H89NO5. The van der Waals surface area contributed by atoms with Crippen molar-refractivity contribution in [1.82, 2.24) is 5.32 Å². The van der Waals surface area contributed by atoms with Crippen LogP contribution in [0.25, 0.3) is 0 Å². The minimum atomic E-state index is -0.674. The number of carbonyl (C=O) groups is 2. The van der Waals surface area contributed by atoms with Gasteiger partial charge in [0.2, 0.25) is 5.91 Å². The highest BCUT2D eigenvalue weighted by molar-refractivity contribution is 5.76. The van der Waals surface area contributed by atoms with Gasteiger partial charge in [0.1, 0.15) is 0 Å². The summed E-state index contributed by atoms with van der Waals surface area (Å²) in [5.41, 5.74) is 0. The Hall–Kier alpha value is -1.14. The van der Waals surface area contributed by atoms with Gasteiger partial charge in [0, 0.05) is 12.8 Å². The predicted molar refractivity (Wildman–Crippen MR) is 218 cm³/mol. The summed E-state index contributed by atoms with van der Waals surface area (Å²) in [6, 6.07) is -0.554. The highest BCUT2D eigenvalue weighted by Gasteiger charge is 2.20. The van der Waals surface area contributed by atoms with E-state index < -0.39 is 12.1 Å². The Bertz CT molecular complexity index is 717. The molecule has 0 rings (SSSR count). The summed E-state index contributed by atoms with van der Waals surface area (Å²) >= 11 is 0. The number of hydrogen-bond donors (Lipinski definition) is 3. The summed E-state index contributed by atoms with van der Waals surface area (Å²) < 4.78 is 5.44. The number of rotatable bonds is 42. The van der Waals surface area contributed by atoms with Gasteiger partial charge in [-0.2, -0.15) is 0 Å². The van der Waals surface area contributed by atoms with E-state index >= 15 is 0 Å². The largest absolute Gasteiger partial charge is 0.466 e. The average molecular weight is 724 g/mol. The Morgan fingerprint density at radius 3 is 1.20 bits per heavy atom. The van der Waals surface area contributed by atoms with Gasteiger partial charge in [-0.1, -0.05) is 213 Å². The van der Waals surface area contributed by atoms with Crippen LogP contribution in [0.4, 0.5) is 0 Å². The molecule has 0 saturated carbocycles. The molecule has 6 heteroatoms. The fraction of sp³-hybridized carbons (Fsp3) is 0.956. The standard InChI is InChI=1S/C45H89NO5/c1-3-5-7-9-11-13-15-16-17-18-23-27-31-35-39-45(50)51-40-36-32-28-24-20-19-22-26-30-34-38-44(49)46-42(41-47)43(48)37-33-29-25-21-14-12-10-8-6-4-2/h42-43,47-48H,3-41H2,1-2H3,(H,46,49). The number of hydrogen-bond acceptors (Lipinski definition) is 5. The molecule has 6 nitrogen and oxygen atoms in total. The van der Waals surface area contributed by atoms with Crippen LogP contribution < -0.4 is 5.32 Å². The number of aliphatic hydroxyl groups is 2. The molecule has 0 fully saturated rings. The molecular weight excluding hydrogens is 634 g/mol. The Morgan fingerprint density at radius 2 is 0.804 bits per heavy atom. The Labute approximate surface area is 317 Å². The van der Waals surface area contributed by atoms with Crippen molar-refractivity contribution in [3.63, 3.8) is 0 Å². The topological polar surface area (TPSA) is 95.9 Å². The first-order chi connectivity index (χ1) is 25.0. The van der Waals surface area contributed by atoms with Gasteiger partial charge in [-0.15, -0.1) is 0 Å². The van der Waals surface area contributed by atoms with Crippen molar-refractivity contribution in [2.24, 2.45) is 0 Å². The van der Waals surface area contributed by atoms with E-state index in [1.165, 1.54) is 161 Å². The summed E-state index contributed by atoms with van der Waals surface area (Å²) in [6.07, 6.45) is 43.4. The van der Waals surface area contributed by atoms with Crippen molar-refractivity contribution < 1.29 is 24.5 Å². The molecule has 0 aromatic heterocycles. The monoisotopic (exact) mass is 724 g/mol. The number of unbranched alkanes of at least 4 members (excludes halogenated alkanes) is 31. The zero-order valence-corrected chi connectivity index (χ0v) is 34.4. The maximum atomic E-state index is 12.4. The third-order valence-electron chi connectivity index (χ3n) is 10.7. The maximum Gasteiger partial charge on any atom is 0.305 e. The van der Waals surface area contributed by atoms with Crippen molar-refractivity contribution in [3.8, 4) is 0 Å². The third kappa shape index (κ3) is 38.4. The van der Waals surface area contributed by atoms with Gasteiger partial charge >= 0.3 is 5.97 Å². The summed E-state index contributed by atoms with van der Waals surface area (Å²) in [7, 11) is 0. The highest BCUT2D eigenvalue weighted by atomic mass is 16.5. The second-order valence-electron chi connectivity index (χ2n) is 15.7. The average Bonchev–Trinajstić information content (AvgIpc) is 3.13. The van der Waals surface area contributed by atoms with Crippen LogP contribution >= 0.6 is 0 Å². The molecule has 0 aliphatic carbocycles. The molecule has 0 aliphatic rings. The quantitative estimate of drug-likeness (QED) is 0.0430. The second kappa shape index (κ2) is 41.6. The number of esters is 1. The lowest BCUT2D eigenvalue weighted by Gasteiger charge is -2.22. The Balaban J connectivity index is 3.45. The first-order valence-electron chi connectivity index (χ1n) is 22.8. The van der Waals surface area contributed by atoms with E-state index in [2.05, 4.69) is 19.2 Å². The van der Waals surface area contributed by atoms with Gasteiger partial charge in [0.25, 0.3) is 0 Å². The van der Waals surface area contributed by atoms with E-state index in [-0.39, 0.29) is 18.5 Å². The van der Waals surface area contributed by atoms with Crippen LogP contribution in [0.3, 0.4) is 0 Å². The molecule has 0 aromatic rings. The van der Waals surface area contributed by atoms with Gasteiger partial charge in [0.05, 0.1) is 25.4 Å². The van der Waals surface area contributed by atoms with Crippen LogP contribution in [-0.4, -0.2) is 47.4 Å².